The topological polar surface area (TPSA) is 95.7 Å². The lowest BCUT2D eigenvalue weighted by molar-refractivity contribution is 0.188. The zero-order valence-corrected chi connectivity index (χ0v) is 20.0. The highest BCUT2D eigenvalue weighted by Gasteiger charge is 2.28. The van der Waals surface area contributed by atoms with Crippen molar-refractivity contribution in [2.75, 3.05) is 13.1 Å². The second-order valence-corrected chi connectivity index (χ2v) is 10.1. The van der Waals surface area contributed by atoms with Gasteiger partial charge in [-0.15, -0.1) is 10.2 Å². The maximum Gasteiger partial charge on any atom is 0.404 e. The first-order chi connectivity index (χ1) is 16.2. The molecule has 0 spiro atoms. The molecule has 1 aromatic carbocycles. The molecule has 0 unspecified atom stereocenters. The quantitative estimate of drug-likeness (QED) is 0.462. The molecule has 8 nitrogen and oxygen atoms in total. The van der Waals surface area contributed by atoms with Gasteiger partial charge in [0.1, 0.15) is 5.69 Å². The summed E-state index contributed by atoms with van der Waals surface area (Å²) in [5, 5.41) is 21.6. The summed E-state index contributed by atoms with van der Waals surface area (Å²) in [6.45, 7) is 10.3. The molecule has 0 radical (unpaired) electrons. The smallest absolute Gasteiger partial charge is 0.404 e. The van der Waals surface area contributed by atoms with Crippen LogP contribution in [-0.2, 0) is 5.41 Å². The fraction of sp³-hybridized carbons (Fsp3) is 0.385. The van der Waals surface area contributed by atoms with Crippen LogP contribution >= 0.6 is 0 Å². The number of nitrogens with zero attached hydrogens (tertiary/aromatic N) is 5. The Kier molecular flexibility index (Phi) is 5.48. The molecule has 0 aliphatic carbocycles. The van der Waals surface area contributed by atoms with Crippen LogP contribution in [0.4, 0.5) is 4.79 Å². The van der Waals surface area contributed by atoms with Crippen molar-refractivity contribution in [3.63, 3.8) is 0 Å². The molecule has 1 aliphatic heterocycles. The second-order valence-electron chi connectivity index (χ2n) is 10.1. The van der Waals surface area contributed by atoms with Gasteiger partial charge in [0.05, 0.1) is 5.52 Å². The third-order valence-corrected chi connectivity index (χ3v) is 6.76. The number of aromatic nitrogens is 4. The highest BCUT2D eigenvalue weighted by molar-refractivity contribution is 5.84. The third kappa shape index (κ3) is 4.09. The number of nitrogens with one attached hydrogen (secondary N) is 1. The van der Waals surface area contributed by atoms with E-state index in [1.807, 2.05) is 16.5 Å². The molecule has 34 heavy (non-hydrogen) atoms. The summed E-state index contributed by atoms with van der Waals surface area (Å²) in [4.78, 5) is 18.3. The van der Waals surface area contributed by atoms with Gasteiger partial charge in [-0.3, -0.25) is 9.30 Å². The van der Waals surface area contributed by atoms with Crippen LogP contribution in [-0.4, -0.2) is 54.8 Å². The molecule has 2 N–H and O–H groups in total. The van der Waals surface area contributed by atoms with E-state index in [1.165, 1.54) is 5.56 Å². The number of carboxylic acid groups (broad SMARTS) is 1. The Morgan fingerprint density at radius 3 is 2.74 bits per heavy atom. The third-order valence-electron chi connectivity index (χ3n) is 6.76. The predicted octanol–water partition coefficient (Wildman–Crippen LogP) is 4.64. The van der Waals surface area contributed by atoms with Crippen molar-refractivity contribution >= 4 is 22.6 Å². The van der Waals surface area contributed by atoms with Crippen LogP contribution in [0.2, 0.25) is 0 Å². The number of amides is 1. The first kappa shape index (κ1) is 22.3. The number of hydrogen-bond acceptors (Lipinski definition) is 5. The van der Waals surface area contributed by atoms with E-state index in [0.717, 1.165) is 40.8 Å². The predicted molar refractivity (Wildman–Crippen MR) is 132 cm³/mol. The van der Waals surface area contributed by atoms with Crippen molar-refractivity contribution in [2.24, 2.45) is 0 Å². The first-order valence-corrected chi connectivity index (χ1v) is 11.7. The van der Waals surface area contributed by atoms with Crippen molar-refractivity contribution in [3.05, 3.63) is 59.8 Å². The molecule has 176 valence electrons. The van der Waals surface area contributed by atoms with Crippen molar-refractivity contribution in [1.29, 1.82) is 0 Å². The van der Waals surface area contributed by atoms with E-state index in [0.29, 0.717) is 12.4 Å². The molecule has 4 heterocycles. The van der Waals surface area contributed by atoms with Crippen LogP contribution in [0.15, 0.2) is 48.7 Å². The van der Waals surface area contributed by atoms with Crippen molar-refractivity contribution in [2.45, 2.75) is 51.6 Å². The summed E-state index contributed by atoms with van der Waals surface area (Å²) in [7, 11) is 0. The molecule has 2 atom stereocenters. The minimum Gasteiger partial charge on any atom is -0.465 e. The first-order valence-electron chi connectivity index (χ1n) is 11.7. The number of rotatable bonds is 4. The molecular formula is C26H30N6O2. The van der Waals surface area contributed by atoms with Crippen LogP contribution in [0.3, 0.4) is 0 Å². The summed E-state index contributed by atoms with van der Waals surface area (Å²) >= 11 is 0. The van der Waals surface area contributed by atoms with Crippen LogP contribution in [0, 0.1) is 0 Å². The van der Waals surface area contributed by atoms with Gasteiger partial charge >= 0.3 is 6.09 Å². The Morgan fingerprint density at radius 2 is 1.97 bits per heavy atom. The molecule has 0 saturated carbocycles. The van der Waals surface area contributed by atoms with Gasteiger partial charge in [0.15, 0.2) is 11.5 Å². The molecule has 1 amide bonds. The largest absolute Gasteiger partial charge is 0.465 e. The molecule has 1 saturated heterocycles. The van der Waals surface area contributed by atoms with Crippen molar-refractivity contribution < 1.29 is 9.90 Å². The number of fused-ring (bicyclic) bond motifs is 2. The number of pyridine rings is 2. The lowest BCUT2D eigenvalue weighted by Gasteiger charge is -2.24. The van der Waals surface area contributed by atoms with E-state index >= 15 is 0 Å². The van der Waals surface area contributed by atoms with Crippen LogP contribution in [0.25, 0.3) is 28.1 Å². The number of carbonyl (C=O) groups is 1. The van der Waals surface area contributed by atoms with E-state index in [-0.39, 0.29) is 17.5 Å². The number of likely N-dealkylation sites (tertiary alicyclic amines) is 1. The van der Waals surface area contributed by atoms with E-state index in [4.69, 9.17) is 10.1 Å². The van der Waals surface area contributed by atoms with E-state index < -0.39 is 6.09 Å². The molecule has 1 fully saturated rings. The molecule has 5 rings (SSSR count). The Hall–Kier alpha value is -3.52. The lowest BCUT2D eigenvalue weighted by Crippen LogP contribution is -2.36. The van der Waals surface area contributed by atoms with Crippen LogP contribution < -0.4 is 5.32 Å². The summed E-state index contributed by atoms with van der Waals surface area (Å²) in [5.74, 6) is 0.710. The molecule has 0 bridgehead atoms. The normalized spacial score (nSPS) is 17.9. The zero-order valence-electron chi connectivity index (χ0n) is 20.0. The second kappa shape index (κ2) is 8.36. The van der Waals surface area contributed by atoms with E-state index in [9.17, 15) is 4.79 Å². The molecule has 8 heteroatoms. The highest BCUT2D eigenvalue weighted by Crippen LogP contribution is 2.31. The molecule has 4 aromatic rings. The van der Waals surface area contributed by atoms with Gasteiger partial charge < -0.3 is 10.4 Å². The fourth-order valence-electron chi connectivity index (χ4n) is 4.85. The Balaban J connectivity index is 1.50. The molecular weight excluding hydrogens is 428 g/mol. The maximum absolute atomic E-state index is 11.0. The van der Waals surface area contributed by atoms with E-state index in [2.05, 4.69) is 84.6 Å². The minimum atomic E-state index is -0.965. The van der Waals surface area contributed by atoms with E-state index in [1.54, 1.807) is 0 Å². The van der Waals surface area contributed by atoms with Crippen molar-refractivity contribution in [3.8, 4) is 11.5 Å². The number of para-hydroxylation sites is 1. The van der Waals surface area contributed by atoms with Gasteiger partial charge in [-0.25, -0.2) is 9.78 Å². The zero-order chi connectivity index (χ0) is 24.0. The lowest BCUT2D eigenvalue weighted by atomic mass is 9.85. The Bertz CT molecular complexity index is 1370. The molecule has 1 aliphatic rings. The van der Waals surface area contributed by atoms with Crippen molar-refractivity contribution in [1.82, 2.24) is 29.8 Å². The number of benzene rings is 1. The van der Waals surface area contributed by atoms with Gasteiger partial charge in [0.2, 0.25) is 0 Å². The van der Waals surface area contributed by atoms with Gasteiger partial charge in [-0.2, -0.15) is 0 Å². The summed E-state index contributed by atoms with van der Waals surface area (Å²) in [6.07, 6.45) is 1.93. The fourth-order valence-corrected chi connectivity index (χ4v) is 4.85. The summed E-state index contributed by atoms with van der Waals surface area (Å²) in [6, 6.07) is 14.6. The monoisotopic (exact) mass is 458 g/mol. The van der Waals surface area contributed by atoms with Gasteiger partial charge in [0.25, 0.3) is 0 Å². The van der Waals surface area contributed by atoms with Gasteiger partial charge in [-0.05, 0) is 42.0 Å². The minimum absolute atomic E-state index is 0.0241. The average Bonchev–Trinajstić information content (AvgIpc) is 3.43. The summed E-state index contributed by atoms with van der Waals surface area (Å²) < 4.78 is 2.00. The SMILES string of the molecule is C[C@@H](c1ccc2nnc(-c3ccc4cccc(C(C)(C)C)c4n3)n2c1)N1CC[C@H](NC(=O)O)C1. The Labute approximate surface area is 198 Å². The highest BCUT2D eigenvalue weighted by atomic mass is 16.4. The maximum atomic E-state index is 11.0. The van der Waals surface area contributed by atoms with Crippen LogP contribution in [0.1, 0.15) is 51.3 Å². The molecule has 3 aromatic heterocycles. The standard InChI is InChI=1S/C26H30N6O2/c1-16(31-13-12-19(15-31)27-25(33)34)18-9-11-22-29-30-24(32(22)14-18)21-10-8-17-6-5-7-20(23(17)28-21)26(2,3)4/h5-11,14,16,19,27H,12-13,15H2,1-4H3,(H,33,34)/t16-,19-/m0/s1. The Morgan fingerprint density at radius 1 is 1.15 bits per heavy atom. The number of hydrogen-bond donors (Lipinski definition) is 2. The van der Waals surface area contributed by atoms with Crippen LogP contribution in [0.5, 0.6) is 0 Å². The summed E-state index contributed by atoms with van der Waals surface area (Å²) in [5.41, 5.74) is 4.85. The van der Waals surface area contributed by atoms with Gasteiger partial charge in [-0.1, -0.05) is 51.1 Å². The average molecular weight is 459 g/mol. The van der Waals surface area contributed by atoms with Gasteiger partial charge in [0, 0.05) is 36.8 Å².